The summed E-state index contributed by atoms with van der Waals surface area (Å²) >= 11 is 0. The zero-order valence-corrected chi connectivity index (χ0v) is 74.7. The van der Waals surface area contributed by atoms with Gasteiger partial charge in [0.2, 0.25) is 6.29 Å². The van der Waals surface area contributed by atoms with E-state index in [0.717, 1.165) is 50.5 Å². The number of hydrogen-bond donors (Lipinski definition) is 22. The van der Waals surface area contributed by atoms with Gasteiger partial charge in [0.1, 0.15) is 158 Å². The molecular formula is C87H145NO40. The zero-order chi connectivity index (χ0) is 93.1. The fraction of sp³-hybridized carbons (Fsp3) is 0.954. The molecule has 22 N–H and O–H groups in total. The van der Waals surface area contributed by atoms with Gasteiger partial charge in [-0.3, -0.25) is 14.8 Å². The number of carbonyl (C=O) groups excluding carboxylic acids is 2. The first-order valence-electron chi connectivity index (χ1n) is 46.2. The molecule has 8 saturated heterocycles. The summed E-state index contributed by atoms with van der Waals surface area (Å²) in [5.41, 5.74) is -4.11. The lowest BCUT2D eigenvalue weighted by atomic mass is 9.34. The van der Waals surface area contributed by atoms with Gasteiger partial charge < -0.3 is 183 Å². The average Bonchev–Trinajstić information content (AvgIpc) is 0.672. The summed E-state index contributed by atoms with van der Waals surface area (Å²) in [5.74, 6) is -2.72. The minimum absolute atomic E-state index is 0.113. The van der Waals surface area contributed by atoms with Crippen molar-refractivity contribution in [2.45, 2.75) is 443 Å². The summed E-state index contributed by atoms with van der Waals surface area (Å²) in [5, 5.41) is 239. The summed E-state index contributed by atoms with van der Waals surface area (Å²) in [6, 6.07) is 0. The van der Waals surface area contributed by atoms with Crippen LogP contribution in [0.15, 0.2) is 11.6 Å². The van der Waals surface area contributed by atoms with Gasteiger partial charge in [-0.25, -0.2) is 4.89 Å². The molecule has 738 valence electrons. The standard InChI is InChI=1S/C87H145NO40/c1-11-12-13-14-15-16-17-18-19-20-31-88-72(109)69-62(106)67(122-75-60(104)55(99)49(93)37(2)114-75)71(126-76-61(105)56(100)53(97)44(33-89)117-76)80(124-69)119-48-24-25-83(7)46-22-21-40-41-32-82(5,6)27-29-87(41,30-28-84(40,8)85(46,9)26-23-47(83)86(48,10)128-111)81(110)127-79-70(57(101)50(94)38(3)115-79)125-77-64(108)68(65(39(4)116-77)120-73-58(102)51(95)42(91)35-112-73)123-78-63(107)66(54(98)45(34-90)118-78)121-74-59(103)52(96)43(92)36-113-74/h21,37-39,41-71,73-80,89-108,111H,11-20,22-36H2,1-10H3,(H,88,109)/t37?,38?,39?,41?,42-,43-,44?,45?,46?,47-,48+,49?,50+,51+,52+,53+,54-,55?,56+,57+,58?,59?,60?,61?,62+,63?,64+,65+,66+,67+,68?,69?,70?,71?,73+,74+,75?,76+,77?,78+,79+,80-,83?,84-,85?,86?,87?/m1/s1. The summed E-state index contributed by atoms with van der Waals surface area (Å²) in [6.07, 6.45) is -53.8. The lowest BCUT2D eigenvalue weighted by Crippen LogP contribution is -2.70. The molecule has 8 heterocycles. The van der Waals surface area contributed by atoms with E-state index in [2.05, 4.69) is 52.9 Å². The maximum absolute atomic E-state index is 16.1. The number of unbranched alkanes of at least 4 members (excludes halogenated alkanes) is 9. The Morgan fingerprint density at radius 2 is 0.914 bits per heavy atom. The second-order valence-corrected chi connectivity index (χ2v) is 40.2. The summed E-state index contributed by atoms with van der Waals surface area (Å²) in [4.78, 5) is 36.6. The van der Waals surface area contributed by atoms with E-state index < -0.39 is 317 Å². The average molecular weight is 1850 g/mol. The maximum atomic E-state index is 16.1. The Bertz CT molecular complexity index is 3620. The third-order valence-corrected chi connectivity index (χ3v) is 31.6. The van der Waals surface area contributed by atoms with Crippen LogP contribution in [-0.4, -0.2) is 397 Å². The fourth-order valence-electron chi connectivity index (χ4n) is 23.4. The number of hydrogen-bond acceptors (Lipinski definition) is 40. The largest absolute Gasteiger partial charge is 0.432 e. The molecule has 41 heteroatoms. The third-order valence-electron chi connectivity index (χ3n) is 31.6. The third kappa shape index (κ3) is 19.9. The molecule has 0 radical (unpaired) electrons. The van der Waals surface area contributed by atoms with Crippen LogP contribution in [0.5, 0.6) is 0 Å². The molecule has 24 unspecified atom stereocenters. The van der Waals surface area contributed by atoms with Crippen LogP contribution in [0.2, 0.25) is 0 Å². The minimum Gasteiger partial charge on any atom is -0.432 e. The van der Waals surface area contributed by atoms with Crippen molar-refractivity contribution in [3.8, 4) is 0 Å². The van der Waals surface area contributed by atoms with Crippen LogP contribution >= 0.6 is 0 Å². The van der Waals surface area contributed by atoms with Gasteiger partial charge in [-0.05, 0) is 138 Å². The Kier molecular flexibility index (Phi) is 33.6. The smallest absolute Gasteiger partial charge is 0.315 e. The number of aliphatic hydroxyl groups is 20. The fourth-order valence-corrected chi connectivity index (χ4v) is 23.4. The monoisotopic (exact) mass is 1840 g/mol. The van der Waals surface area contributed by atoms with Gasteiger partial charge in [0.25, 0.3) is 5.91 Å². The van der Waals surface area contributed by atoms with Crippen molar-refractivity contribution in [2.75, 3.05) is 33.0 Å². The molecule has 0 bridgehead atoms. The first-order chi connectivity index (χ1) is 60.5. The van der Waals surface area contributed by atoms with Gasteiger partial charge in [-0.1, -0.05) is 111 Å². The highest BCUT2D eigenvalue weighted by molar-refractivity contribution is 5.81. The summed E-state index contributed by atoms with van der Waals surface area (Å²) in [6.45, 7) is 16.2. The van der Waals surface area contributed by atoms with E-state index in [1.807, 2.05) is 0 Å². The number of amides is 1. The van der Waals surface area contributed by atoms with E-state index in [1.165, 1.54) is 33.6 Å². The predicted octanol–water partition coefficient (Wildman–Crippen LogP) is -3.11. The van der Waals surface area contributed by atoms with Gasteiger partial charge in [-0.15, -0.1) is 0 Å². The molecule has 41 nitrogen and oxygen atoms in total. The number of allylic oxidation sites excluding steroid dienone is 2. The Morgan fingerprint density at radius 1 is 0.430 bits per heavy atom. The van der Waals surface area contributed by atoms with Crippen LogP contribution in [0.1, 0.15) is 198 Å². The van der Waals surface area contributed by atoms with Gasteiger partial charge in [0.05, 0.1) is 56.3 Å². The van der Waals surface area contributed by atoms with Gasteiger partial charge in [0.15, 0.2) is 56.2 Å². The summed E-state index contributed by atoms with van der Waals surface area (Å²) < 4.78 is 99.2. The molecular weight excluding hydrogens is 1700 g/mol. The molecule has 5 aliphatic carbocycles. The number of aliphatic hydroxyl groups excluding tert-OH is 20. The Morgan fingerprint density at radius 3 is 1.52 bits per heavy atom. The second-order valence-electron chi connectivity index (χ2n) is 40.2. The van der Waals surface area contributed by atoms with Crippen molar-refractivity contribution in [2.24, 2.45) is 44.8 Å². The normalized spacial score (nSPS) is 51.0. The van der Waals surface area contributed by atoms with E-state index in [0.29, 0.717) is 57.8 Å². The molecule has 12 fully saturated rings. The molecule has 8 aliphatic heterocycles. The highest BCUT2D eigenvalue weighted by Crippen LogP contribution is 2.76. The van der Waals surface area contributed by atoms with Gasteiger partial charge in [0, 0.05) is 6.54 Å². The van der Waals surface area contributed by atoms with Crippen LogP contribution in [0, 0.1) is 44.8 Å². The first-order valence-corrected chi connectivity index (χ1v) is 46.2. The highest BCUT2D eigenvalue weighted by Gasteiger charge is 2.72. The number of rotatable bonds is 31. The van der Waals surface area contributed by atoms with E-state index in [9.17, 15) is 112 Å². The molecule has 0 aromatic carbocycles. The highest BCUT2D eigenvalue weighted by atomic mass is 17.1. The Labute approximate surface area is 744 Å². The minimum atomic E-state index is -2.18. The van der Waals surface area contributed by atoms with Crippen LogP contribution in [0.25, 0.3) is 0 Å². The maximum Gasteiger partial charge on any atom is 0.315 e. The van der Waals surface area contributed by atoms with E-state index >= 15 is 4.79 Å². The molecule has 47 atom stereocenters. The van der Waals surface area contributed by atoms with E-state index in [4.69, 9.17) is 80.7 Å². The lowest BCUT2D eigenvalue weighted by Gasteiger charge is -2.71. The number of fused-ring (bicyclic) bond motifs is 7. The molecule has 128 heavy (non-hydrogen) atoms. The van der Waals surface area contributed by atoms with Crippen LogP contribution in [0.4, 0.5) is 0 Å². The van der Waals surface area contributed by atoms with E-state index in [1.54, 1.807) is 6.92 Å². The second kappa shape index (κ2) is 41.9. The molecule has 0 spiro atoms. The van der Waals surface area contributed by atoms with Crippen molar-refractivity contribution in [3.63, 3.8) is 0 Å². The van der Waals surface area contributed by atoms with Crippen molar-refractivity contribution < 1.29 is 198 Å². The van der Waals surface area contributed by atoms with Crippen molar-refractivity contribution in [1.29, 1.82) is 0 Å². The van der Waals surface area contributed by atoms with Crippen molar-refractivity contribution in [1.82, 2.24) is 5.32 Å². The topological polar surface area (TPSA) is 628 Å². The molecule has 0 aromatic heterocycles. The van der Waals surface area contributed by atoms with Gasteiger partial charge >= 0.3 is 5.97 Å². The zero-order valence-electron chi connectivity index (χ0n) is 74.7. The number of esters is 1. The van der Waals surface area contributed by atoms with Crippen LogP contribution in [-0.2, 0) is 90.3 Å². The number of nitrogens with one attached hydrogen (secondary N) is 1. The van der Waals surface area contributed by atoms with Gasteiger partial charge in [-0.2, -0.15) is 0 Å². The predicted molar refractivity (Wildman–Crippen MR) is 433 cm³/mol. The number of ether oxygens (including phenoxy) is 16. The van der Waals surface area contributed by atoms with Crippen molar-refractivity contribution in [3.05, 3.63) is 11.6 Å². The van der Waals surface area contributed by atoms with Crippen LogP contribution in [0.3, 0.4) is 0 Å². The molecule has 0 aromatic rings. The summed E-state index contributed by atoms with van der Waals surface area (Å²) in [7, 11) is 0. The molecule has 13 rings (SSSR count). The Hall–Kier alpha value is -2.80. The Balaban J connectivity index is 0.758. The lowest BCUT2D eigenvalue weighted by molar-refractivity contribution is -0.419. The molecule has 4 saturated carbocycles. The van der Waals surface area contributed by atoms with Crippen molar-refractivity contribution >= 4 is 11.9 Å². The molecule has 1 amide bonds. The SMILES string of the molecule is CCCCCCCCCCCCNC(=O)C1O[C@@H](O[C@H]2CCC3(C)C4CC=C5C6CC(C)(C)CCC6(C(=O)O[C@@H]6OC(C)[C@H](O)[C@H](O)C6OC6OC(C)[C@H](O[C@@H]7OC[C@@H](O)[C@H](O)C7O)C(O[C@@H]7OC(CO)[C@@H](O)[C@H](O[C@@H]8OC[C@@H](O)[C@H](O)C8O)C7O)[C@@H]6O)CC[C@@]5(C)C4(C)CC[C@H]3C2(C)OO)C(O[C@@H]2OC(CO)[C@H](O)[C@H](O)C2O)[C@@H](OC2OC(C)C(O)C(O)C2O)[C@@H]1O. The first kappa shape index (κ1) is 103. The van der Waals surface area contributed by atoms with E-state index in [-0.39, 0.29) is 30.7 Å². The number of carbonyl (C=O) groups is 2. The van der Waals surface area contributed by atoms with Crippen LogP contribution < -0.4 is 5.32 Å². The quantitative estimate of drug-likeness (QED) is 0.00816. The molecule has 13 aliphatic rings.